The number of thiocarbonyl (C=S) groups is 1. The van der Waals surface area contributed by atoms with Crippen LogP contribution in [-0.2, 0) is 4.74 Å². The average molecular weight is 212 g/mol. The fourth-order valence-corrected chi connectivity index (χ4v) is 1.12. The standard InChI is InChI=1S/C9H7FNO2S/c1-13-9(12)6-3-2-5(10)4-7(6)8(11)14/h3-4H,1H3,(H2,11,14). The van der Waals surface area contributed by atoms with E-state index in [2.05, 4.69) is 23.0 Å². The zero-order chi connectivity index (χ0) is 10.7. The second-order valence-electron chi connectivity index (χ2n) is 2.46. The van der Waals surface area contributed by atoms with Gasteiger partial charge in [0.25, 0.3) is 0 Å². The number of benzene rings is 1. The van der Waals surface area contributed by atoms with Gasteiger partial charge in [0.05, 0.1) is 12.7 Å². The number of hydrogen-bond donors (Lipinski definition) is 1. The van der Waals surface area contributed by atoms with Gasteiger partial charge in [-0.3, -0.25) is 0 Å². The lowest BCUT2D eigenvalue weighted by atomic mass is 10.1. The van der Waals surface area contributed by atoms with E-state index in [4.69, 9.17) is 5.73 Å². The fraction of sp³-hybridized carbons (Fsp3) is 0.111. The molecule has 0 amide bonds. The Labute approximate surface area is 85.7 Å². The number of methoxy groups -OCH3 is 1. The number of carbonyl (C=O) groups is 1. The van der Waals surface area contributed by atoms with Crippen molar-refractivity contribution in [3.05, 3.63) is 35.1 Å². The van der Waals surface area contributed by atoms with E-state index in [0.717, 1.165) is 12.1 Å². The van der Waals surface area contributed by atoms with Gasteiger partial charge in [-0.15, -0.1) is 0 Å². The maximum Gasteiger partial charge on any atom is 0.338 e. The van der Waals surface area contributed by atoms with Crippen molar-refractivity contribution in [2.75, 3.05) is 7.11 Å². The highest BCUT2D eigenvalue weighted by molar-refractivity contribution is 7.80. The number of halogens is 1. The Bertz CT molecular complexity index is 392. The summed E-state index contributed by atoms with van der Waals surface area (Å²) >= 11 is 4.67. The lowest BCUT2D eigenvalue weighted by Crippen LogP contribution is -2.16. The third kappa shape index (κ3) is 2.05. The molecule has 14 heavy (non-hydrogen) atoms. The zero-order valence-corrected chi connectivity index (χ0v) is 8.15. The molecule has 0 aliphatic rings. The summed E-state index contributed by atoms with van der Waals surface area (Å²) in [5.41, 5.74) is 5.59. The maximum absolute atomic E-state index is 12.8. The summed E-state index contributed by atoms with van der Waals surface area (Å²) in [6.45, 7) is 0. The summed E-state index contributed by atoms with van der Waals surface area (Å²) in [5, 5.41) is 0. The van der Waals surface area contributed by atoms with Crippen molar-refractivity contribution < 1.29 is 13.9 Å². The first-order valence-corrected chi connectivity index (χ1v) is 4.06. The molecule has 0 aromatic heterocycles. The number of nitrogens with two attached hydrogens (primary N) is 1. The molecule has 0 unspecified atom stereocenters. The molecule has 5 heteroatoms. The second-order valence-corrected chi connectivity index (χ2v) is 2.90. The van der Waals surface area contributed by atoms with Crippen molar-refractivity contribution in [2.24, 2.45) is 5.73 Å². The average Bonchev–Trinajstić information content (AvgIpc) is 2.16. The van der Waals surface area contributed by atoms with E-state index in [0.29, 0.717) is 0 Å². The third-order valence-electron chi connectivity index (χ3n) is 1.59. The van der Waals surface area contributed by atoms with Crippen LogP contribution in [-0.4, -0.2) is 18.1 Å². The molecule has 0 fully saturated rings. The lowest BCUT2D eigenvalue weighted by Gasteiger charge is -2.05. The molecule has 1 aromatic carbocycles. The van der Waals surface area contributed by atoms with Gasteiger partial charge in [-0.2, -0.15) is 0 Å². The van der Waals surface area contributed by atoms with E-state index >= 15 is 0 Å². The minimum Gasteiger partial charge on any atom is -0.465 e. The molecule has 1 aromatic rings. The van der Waals surface area contributed by atoms with Crippen molar-refractivity contribution in [2.45, 2.75) is 0 Å². The summed E-state index contributed by atoms with van der Waals surface area (Å²) in [6.07, 6.45) is 0. The monoisotopic (exact) mass is 212 g/mol. The molecule has 1 radical (unpaired) electrons. The number of esters is 1. The summed E-state index contributed by atoms with van der Waals surface area (Å²) in [7, 11) is 1.22. The molecular formula is C9H7FNO2S. The molecule has 0 aliphatic carbocycles. The Morgan fingerprint density at radius 3 is 2.79 bits per heavy atom. The van der Waals surface area contributed by atoms with Crippen LogP contribution in [0, 0.1) is 11.9 Å². The first-order chi connectivity index (χ1) is 6.56. The van der Waals surface area contributed by atoms with Crippen LogP contribution in [0.4, 0.5) is 4.39 Å². The molecule has 0 heterocycles. The van der Waals surface area contributed by atoms with Crippen LogP contribution >= 0.6 is 12.2 Å². The number of carbonyl (C=O) groups excluding carboxylic acids is 1. The normalized spacial score (nSPS) is 9.57. The van der Waals surface area contributed by atoms with Gasteiger partial charge in [-0.1, -0.05) is 12.2 Å². The molecule has 1 rings (SSSR count). The molecule has 0 spiro atoms. The summed E-state index contributed by atoms with van der Waals surface area (Å²) in [6, 6.07) is 4.44. The van der Waals surface area contributed by atoms with Crippen LogP contribution in [0.1, 0.15) is 15.9 Å². The Balaban J connectivity index is 3.28. The highest BCUT2D eigenvalue weighted by Crippen LogP contribution is 2.11. The van der Waals surface area contributed by atoms with Crippen molar-refractivity contribution in [3.8, 4) is 0 Å². The van der Waals surface area contributed by atoms with Gasteiger partial charge in [0, 0.05) is 11.6 Å². The van der Waals surface area contributed by atoms with Gasteiger partial charge in [0.15, 0.2) is 0 Å². The molecule has 0 aliphatic heterocycles. The third-order valence-corrected chi connectivity index (χ3v) is 1.81. The van der Waals surface area contributed by atoms with Gasteiger partial charge in [-0.05, 0) is 12.1 Å². The molecule has 0 atom stereocenters. The summed E-state index contributed by atoms with van der Waals surface area (Å²) in [5.74, 6) is -1.25. The van der Waals surface area contributed by atoms with Crippen molar-refractivity contribution in [1.29, 1.82) is 0 Å². The highest BCUT2D eigenvalue weighted by Gasteiger charge is 2.14. The van der Waals surface area contributed by atoms with E-state index in [1.165, 1.54) is 7.11 Å². The van der Waals surface area contributed by atoms with Crippen molar-refractivity contribution in [3.63, 3.8) is 0 Å². The van der Waals surface area contributed by atoms with Crippen LogP contribution in [0.5, 0.6) is 0 Å². The molecule has 73 valence electrons. The number of hydrogen-bond acceptors (Lipinski definition) is 3. The van der Waals surface area contributed by atoms with Crippen LogP contribution < -0.4 is 5.73 Å². The van der Waals surface area contributed by atoms with Crippen molar-refractivity contribution >= 4 is 23.2 Å². The van der Waals surface area contributed by atoms with Crippen LogP contribution in [0.25, 0.3) is 0 Å². The molecule has 2 N–H and O–H groups in total. The molecule has 0 bridgehead atoms. The summed E-state index contributed by atoms with van der Waals surface area (Å²) in [4.78, 5) is 11.1. The predicted molar refractivity (Wildman–Crippen MR) is 52.5 cm³/mol. The van der Waals surface area contributed by atoms with E-state index < -0.39 is 11.8 Å². The first kappa shape index (κ1) is 10.6. The minimum absolute atomic E-state index is 0.0571. The van der Waals surface area contributed by atoms with Crippen LogP contribution in [0.3, 0.4) is 0 Å². The fourth-order valence-electron chi connectivity index (χ4n) is 0.948. The molecule has 0 saturated heterocycles. The Morgan fingerprint density at radius 1 is 1.64 bits per heavy atom. The lowest BCUT2D eigenvalue weighted by molar-refractivity contribution is 0.0600. The quantitative estimate of drug-likeness (QED) is 0.588. The van der Waals surface area contributed by atoms with Gasteiger partial charge >= 0.3 is 5.97 Å². The maximum atomic E-state index is 12.8. The van der Waals surface area contributed by atoms with E-state index in [9.17, 15) is 9.18 Å². The van der Waals surface area contributed by atoms with E-state index in [1.54, 1.807) is 0 Å². The zero-order valence-electron chi connectivity index (χ0n) is 7.33. The smallest absolute Gasteiger partial charge is 0.338 e. The van der Waals surface area contributed by atoms with Gasteiger partial charge in [0.1, 0.15) is 10.8 Å². The van der Waals surface area contributed by atoms with Gasteiger partial charge in [0.2, 0.25) is 0 Å². The first-order valence-electron chi connectivity index (χ1n) is 3.65. The SMILES string of the molecule is COC(=O)c1c[c]c(F)cc1C(N)=S. The Hall–Kier alpha value is -1.49. The van der Waals surface area contributed by atoms with E-state index in [1.807, 2.05) is 0 Å². The molecule has 0 saturated carbocycles. The van der Waals surface area contributed by atoms with Gasteiger partial charge < -0.3 is 10.5 Å². The predicted octanol–water partition coefficient (Wildman–Crippen LogP) is 1.05. The summed E-state index contributed by atoms with van der Waals surface area (Å²) < 4.78 is 17.2. The largest absolute Gasteiger partial charge is 0.465 e. The Kier molecular flexibility index (Phi) is 3.14. The topological polar surface area (TPSA) is 52.3 Å². The highest BCUT2D eigenvalue weighted by atomic mass is 32.1. The number of rotatable bonds is 2. The minimum atomic E-state index is -0.625. The molecule has 3 nitrogen and oxygen atoms in total. The van der Waals surface area contributed by atoms with Crippen molar-refractivity contribution in [1.82, 2.24) is 0 Å². The second kappa shape index (κ2) is 4.15. The Morgan fingerprint density at radius 2 is 2.29 bits per heavy atom. The van der Waals surface area contributed by atoms with Crippen LogP contribution in [0.15, 0.2) is 12.1 Å². The van der Waals surface area contributed by atoms with Crippen LogP contribution in [0.2, 0.25) is 0 Å². The molecular weight excluding hydrogens is 205 g/mol. The number of ether oxygens (including phenoxy) is 1. The van der Waals surface area contributed by atoms with E-state index in [-0.39, 0.29) is 16.1 Å². The van der Waals surface area contributed by atoms with Gasteiger partial charge in [-0.25, -0.2) is 9.18 Å².